The standard InChI is InChI=1S/C16H13N3O5/c20-9-6-18(7-9)8-1-2-10-11(5-8)16(24)19(15(10)23)12-3-4-13(21)17-14(12)22/h1-2,5,12H,3-4,6-7H2,(H,17,21,22). The van der Waals surface area contributed by atoms with Crippen molar-refractivity contribution in [2.24, 2.45) is 0 Å². The van der Waals surface area contributed by atoms with Crippen molar-refractivity contribution >= 4 is 35.1 Å². The number of fused-ring (bicyclic) bond motifs is 1. The van der Waals surface area contributed by atoms with Gasteiger partial charge in [-0.25, -0.2) is 0 Å². The topological polar surface area (TPSA) is 104 Å². The quantitative estimate of drug-likeness (QED) is 0.733. The van der Waals surface area contributed by atoms with Crippen molar-refractivity contribution in [2.45, 2.75) is 18.9 Å². The first-order valence-corrected chi connectivity index (χ1v) is 7.58. The highest BCUT2D eigenvalue weighted by Crippen LogP contribution is 2.31. The highest BCUT2D eigenvalue weighted by atomic mass is 16.2. The summed E-state index contributed by atoms with van der Waals surface area (Å²) in [5.41, 5.74) is 1.15. The van der Waals surface area contributed by atoms with Crippen molar-refractivity contribution < 1.29 is 24.0 Å². The van der Waals surface area contributed by atoms with Gasteiger partial charge >= 0.3 is 0 Å². The molecule has 8 nitrogen and oxygen atoms in total. The summed E-state index contributed by atoms with van der Waals surface area (Å²) in [4.78, 5) is 62.2. The van der Waals surface area contributed by atoms with E-state index >= 15 is 0 Å². The van der Waals surface area contributed by atoms with Crippen LogP contribution in [0.2, 0.25) is 0 Å². The molecule has 122 valence electrons. The lowest BCUT2D eigenvalue weighted by molar-refractivity contribution is -0.136. The molecule has 8 heteroatoms. The first kappa shape index (κ1) is 14.6. The number of imide groups is 2. The number of carbonyl (C=O) groups is 5. The van der Waals surface area contributed by atoms with Gasteiger partial charge in [-0.15, -0.1) is 0 Å². The number of piperidine rings is 1. The zero-order valence-electron chi connectivity index (χ0n) is 12.6. The third-order valence-electron chi connectivity index (χ3n) is 4.52. The van der Waals surface area contributed by atoms with E-state index in [-0.39, 0.29) is 42.8 Å². The average molecular weight is 327 g/mol. The molecule has 0 radical (unpaired) electrons. The van der Waals surface area contributed by atoms with Gasteiger partial charge in [-0.2, -0.15) is 0 Å². The van der Waals surface area contributed by atoms with Crippen LogP contribution in [-0.4, -0.2) is 53.4 Å². The van der Waals surface area contributed by atoms with Gasteiger partial charge in [0, 0.05) is 12.1 Å². The van der Waals surface area contributed by atoms with Crippen LogP contribution < -0.4 is 10.2 Å². The molecule has 0 aromatic heterocycles. The molecule has 3 heterocycles. The first-order valence-electron chi connectivity index (χ1n) is 7.58. The molecule has 1 aromatic rings. The summed E-state index contributed by atoms with van der Waals surface area (Å²) >= 11 is 0. The van der Waals surface area contributed by atoms with E-state index in [9.17, 15) is 24.0 Å². The minimum absolute atomic E-state index is 0.0882. The van der Waals surface area contributed by atoms with Gasteiger partial charge in [-0.05, 0) is 24.6 Å². The second-order valence-electron chi connectivity index (χ2n) is 6.07. The molecule has 0 saturated carbocycles. The normalized spacial score (nSPS) is 23.3. The summed E-state index contributed by atoms with van der Waals surface area (Å²) in [5.74, 6) is -2.00. The van der Waals surface area contributed by atoms with Crippen LogP contribution in [0.4, 0.5) is 5.69 Å². The van der Waals surface area contributed by atoms with Crippen LogP contribution in [0.5, 0.6) is 0 Å². The molecule has 3 aliphatic heterocycles. The highest BCUT2D eigenvalue weighted by Gasteiger charge is 2.44. The Morgan fingerprint density at radius 1 is 0.958 bits per heavy atom. The van der Waals surface area contributed by atoms with E-state index in [4.69, 9.17) is 0 Å². The van der Waals surface area contributed by atoms with Crippen LogP contribution in [0.25, 0.3) is 0 Å². The van der Waals surface area contributed by atoms with Crippen molar-refractivity contribution in [3.8, 4) is 0 Å². The zero-order valence-corrected chi connectivity index (χ0v) is 12.6. The van der Waals surface area contributed by atoms with Crippen molar-refractivity contribution in [1.82, 2.24) is 10.2 Å². The van der Waals surface area contributed by atoms with Crippen LogP contribution in [0.1, 0.15) is 33.6 Å². The SMILES string of the molecule is O=C1CN(c2ccc3c(c2)C(=O)N(C2CCC(=O)NC2=O)C3=O)C1. The van der Waals surface area contributed by atoms with Gasteiger partial charge in [0.25, 0.3) is 11.8 Å². The summed E-state index contributed by atoms with van der Waals surface area (Å²) in [6.45, 7) is 0.579. The maximum Gasteiger partial charge on any atom is 0.262 e. The van der Waals surface area contributed by atoms with Crippen LogP contribution in [0.15, 0.2) is 18.2 Å². The predicted molar refractivity (Wildman–Crippen MR) is 80.3 cm³/mol. The molecule has 1 unspecified atom stereocenters. The first-order chi connectivity index (χ1) is 11.5. The summed E-state index contributed by atoms with van der Waals surface area (Å²) in [6.07, 6.45) is 0.217. The highest BCUT2D eigenvalue weighted by molar-refractivity contribution is 6.23. The molecule has 1 atom stereocenters. The number of nitrogens with zero attached hydrogens (tertiary/aromatic N) is 2. The molecular formula is C16H13N3O5. The number of nitrogens with one attached hydrogen (secondary N) is 1. The number of amides is 4. The Hall–Kier alpha value is -3.03. The van der Waals surface area contributed by atoms with Crippen LogP contribution >= 0.6 is 0 Å². The lowest BCUT2D eigenvalue weighted by atomic mass is 10.0. The summed E-state index contributed by atoms with van der Waals surface area (Å²) < 4.78 is 0. The minimum Gasteiger partial charge on any atom is -0.357 e. The number of anilines is 1. The monoisotopic (exact) mass is 327 g/mol. The lowest BCUT2D eigenvalue weighted by Crippen LogP contribution is -2.54. The van der Waals surface area contributed by atoms with Crippen molar-refractivity contribution in [1.29, 1.82) is 0 Å². The van der Waals surface area contributed by atoms with E-state index in [1.165, 1.54) is 0 Å². The molecule has 4 amide bonds. The summed E-state index contributed by atoms with van der Waals surface area (Å²) in [5, 5.41) is 2.16. The predicted octanol–water partition coefficient (Wildman–Crippen LogP) is -0.523. The third kappa shape index (κ3) is 2.03. The Labute approximate surface area is 136 Å². The van der Waals surface area contributed by atoms with Gasteiger partial charge in [0.2, 0.25) is 11.8 Å². The van der Waals surface area contributed by atoms with Crippen LogP contribution in [0, 0.1) is 0 Å². The van der Waals surface area contributed by atoms with Gasteiger partial charge in [0.15, 0.2) is 5.78 Å². The average Bonchev–Trinajstić information content (AvgIpc) is 2.76. The smallest absolute Gasteiger partial charge is 0.262 e. The molecule has 4 rings (SSSR count). The van der Waals surface area contributed by atoms with E-state index in [1.807, 2.05) is 0 Å². The van der Waals surface area contributed by atoms with E-state index in [0.717, 1.165) is 4.90 Å². The Bertz CT molecular complexity index is 823. The number of rotatable bonds is 2. The van der Waals surface area contributed by atoms with E-state index in [0.29, 0.717) is 5.69 Å². The lowest BCUT2D eigenvalue weighted by Gasteiger charge is -2.31. The molecule has 24 heavy (non-hydrogen) atoms. The number of hydrogen-bond acceptors (Lipinski definition) is 6. The molecule has 3 aliphatic rings. The second kappa shape index (κ2) is 4.98. The van der Waals surface area contributed by atoms with Crippen molar-refractivity contribution in [3.63, 3.8) is 0 Å². The van der Waals surface area contributed by atoms with Crippen molar-refractivity contribution in [2.75, 3.05) is 18.0 Å². The maximum atomic E-state index is 12.6. The van der Waals surface area contributed by atoms with Crippen LogP contribution in [0.3, 0.4) is 0 Å². The molecule has 2 saturated heterocycles. The Balaban J connectivity index is 1.64. The van der Waals surface area contributed by atoms with Gasteiger partial charge in [0.1, 0.15) is 6.04 Å². The largest absolute Gasteiger partial charge is 0.357 e. The third-order valence-corrected chi connectivity index (χ3v) is 4.52. The molecule has 1 aromatic carbocycles. The van der Waals surface area contributed by atoms with E-state index in [2.05, 4.69) is 5.32 Å². The van der Waals surface area contributed by atoms with Gasteiger partial charge in [-0.1, -0.05) is 0 Å². The molecule has 1 N–H and O–H groups in total. The molecule has 0 spiro atoms. The molecular weight excluding hydrogens is 314 g/mol. The summed E-state index contributed by atoms with van der Waals surface area (Å²) in [7, 11) is 0. The number of hydrogen-bond donors (Lipinski definition) is 1. The van der Waals surface area contributed by atoms with E-state index in [1.54, 1.807) is 23.1 Å². The maximum absolute atomic E-state index is 12.6. The fourth-order valence-corrected chi connectivity index (χ4v) is 3.22. The van der Waals surface area contributed by atoms with Gasteiger partial charge in [0.05, 0.1) is 24.2 Å². The number of ketones is 1. The number of Topliss-reactive ketones (excluding diaryl/α,β-unsaturated/α-hetero) is 1. The minimum atomic E-state index is -0.968. The second-order valence-corrected chi connectivity index (χ2v) is 6.07. The zero-order chi connectivity index (χ0) is 17.0. The van der Waals surface area contributed by atoms with Gasteiger partial charge in [-0.3, -0.25) is 34.2 Å². The number of carbonyl (C=O) groups excluding carboxylic acids is 5. The Morgan fingerprint density at radius 3 is 2.33 bits per heavy atom. The molecule has 0 aliphatic carbocycles. The van der Waals surface area contributed by atoms with Crippen LogP contribution in [-0.2, 0) is 14.4 Å². The van der Waals surface area contributed by atoms with Gasteiger partial charge < -0.3 is 4.90 Å². The number of benzene rings is 1. The van der Waals surface area contributed by atoms with E-state index < -0.39 is 29.7 Å². The fourth-order valence-electron chi connectivity index (χ4n) is 3.22. The molecule has 0 bridgehead atoms. The fraction of sp³-hybridized carbons (Fsp3) is 0.312. The Morgan fingerprint density at radius 2 is 1.67 bits per heavy atom. The summed E-state index contributed by atoms with van der Waals surface area (Å²) in [6, 6.07) is 3.84. The van der Waals surface area contributed by atoms with Crippen molar-refractivity contribution in [3.05, 3.63) is 29.3 Å². The molecule has 2 fully saturated rings. The Kier molecular flexibility index (Phi) is 3.02.